The molecule has 3 aromatic heterocycles. The fourth-order valence-corrected chi connectivity index (χ4v) is 9.52. The van der Waals surface area contributed by atoms with Gasteiger partial charge in [-0.05, 0) is 129 Å². The Morgan fingerprint density at radius 2 is 1.35 bits per heavy atom. The Hall–Kier alpha value is -7.40. The zero-order valence-corrected chi connectivity index (χ0v) is 42.0. The number of fused-ring (bicyclic) bond motifs is 2. The summed E-state index contributed by atoms with van der Waals surface area (Å²) in [6.07, 6.45) is 3.17. The number of aromatic nitrogens is 3. The molecule has 1 N–H and O–H groups in total. The lowest BCUT2D eigenvalue weighted by Gasteiger charge is -2.36. The summed E-state index contributed by atoms with van der Waals surface area (Å²) in [5.41, 5.74) is 3.93. The fraction of sp³-hybridized carbons (Fsp3) is 0.296. The fourth-order valence-electron chi connectivity index (χ4n) is 8.49. The molecule has 0 radical (unpaired) electrons. The number of rotatable bonds is 14. The molecule has 1 aliphatic rings. The van der Waals surface area contributed by atoms with Crippen molar-refractivity contribution >= 4 is 36.8 Å². The highest BCUT2D eigenvalue weighted by Crippen LogP contribution is 2.50. The molecule has 0 fully saturated rings. The highest BCUT2D eigenvalue weighted by Gasteiger charge is 2.47. The van der Waals surface area contributed by atoms with Crippen molar-refractivity contribution in [2.45, 2.75) is 77.8 Å². The summed E-state index contributed by atoms with van der Waals surface area (Å²) in [5, 5.41) is 10.6. The SMILES string of the molecule is CCOC(=O)C1C(c2cccnc2OC)c2cc(O[Si](C)(C)C(C)(C)C)ccc2N1Cc1cc(F)ccc1F.CCOC(=O)c1c(-c2cccnc2OC)c2cc(O)ccc2n1Cc1cc(F)ccc1F. The smallest absolute Gasteiger partial charge is 0.355 e. The molecule has 0 aliphatic carbocycles. The molecule has 0 spiro atoms. The van der Waals surface area contributed by atoms with Crippen molar-refractivity contribution in [1.82, 2.24) is 14.5 Å². The van der Waals surface area contributed by atoms with E-state index in [2.05, 4.69) is 43.8 Å². The van der Waals surface area contributed by atoms with Gasteiger partial charge in [-0.1, -0.05) is 26.8 Å². The summed E-state index contributed by atoms with van der Waals surface area (Å²) in [4.78, 5) is 37.1. The van der Waals surface area contributed by atoms with Gasteiger partial charge in [0, 0.05) is 69.3 Å². The third-order valence-corrected chi connectivity index (χ3v) is 17.1. The van der Waals surface area contributed by atoms with E-state index >= 15 is 0 Å². The summed E-state index contributed by atoms with van der Waals surface area (Å²) < 4.78 is 87.2. The molecule has 2 atom stereocenters. The van der Waals surface area contributed by atoms with Gasteiger partial charge in [0.25, 0.3) is 0 Å². The van der Waals surface area contributed by atoms with Gasteiger partial charge in [-0.15, -0.1) is 0 Å². The van der Waals surface area contributed by atoms with Gasteiger partial charge < -0.3 is 37.9 Å². The Balaban J connectivity index is 0.000000213. The molecule has 17 heteroatoms. The van der Waals surface area contributed by atoms with E-state index in [-0.39, 0.29) is 59.8 Å². The number of benzene rings is 4. The van der Waals surface area contributed by atoms with Crippen LogP contribution in [0.1, 0.15) is 73.3 Å². The molecular weight excluding hydrogens is 937 g/mol. The number of phenolic OH excluding ortho intramolecular Hbond substituents is 1. The average Bonchev–Trinajstić information content (AvgIpc) is 3.82. The van der Waals surface area contributed by atoms with Crippen molar-refractivity contribution in [3.05, 3.63) is 161 Å². The number of hydrogen-bond acceptors (Lipinski definition) is 11. The standard InChI is InChI=1S/C30H36F2N2O4Si.C24H20F2N2O4/c1-8-37-29(35)27-26(22-10-9-15-33-28(22)36-5)23-17-21(38-39(6,7)30(2,3)4)12-14-25(23)34(27)18-19-16-20(31)11-13-24(19)32;1-3-32-24(30)22-21(17-5-4-10-27-23(17)31-2)18-12-16(29)7-9-20(18)28(22)13-14-11-15(25)6-8-19(14)26/h9-17,26-27H,8,18H2,1-7H3;4-12,29H,3,13H2,1-2H3. The van der Waals surface area contributed by atoms with Gasteiger partial charge in [-0.25, -0.2) is 37.1 Å². The van der Waals surface area contributed by atoms with Crippen LogP contribution < -0.4 is 18.8 Å². The van der Waals surface area contributed by atoms with Crippen LogP contribution in [0.25, 0.3) is 22.0 Å². The number of halogens is 4. The lowest BCUT2D eigenvalue weighted by Crippen LogP contribution is -2.43. The number of pyridine rings is 2. The van der Waals surface area contributed by atoms with Crippen LogP contribution in [0.15, 0.2) is 109 Å². The number of carbonyl (C=O) groups is 2. The number of ether oxygens (including phenoxy) is 4. The first kappa shape index (κ1) is 51.4. The molecule has 0 saturated carbocycles. The number of anilines is 1. The second-order valence-electron chi connectivity index (χ2n) is 18.3. The van der Waals surface area contributed by atoms with Gasteiger partial charge in [0.2, 0.25) is 20.1 Å². The highest BCUT2D eigenvalue weighted by atomic mass is 28.4. The third-order valence-electron chi connectivity index (χ3n) is 12.8. The normalized spacial score (nSPS) is 14.4. The second kappa shape index (κ2) is 21.3. The van der Waals surface area contributed by atoms with E-state index in [1.165, 1.54) is 26.4 Å². The molecule has 0 saturated heterocycles. The minimum atomic E-state index is -2.17. The maximum atomic E-state index is 14.8. The zero-order chi connectivity index (χ0) is 51.4. The van der Waals surface area contributed by atoms with Crippen LogP contribution in [0, 0.1) is 23.3 Å². The molecule has 8 rings (SSSR count). The van der Waals surface area contributed by atoms with Gasteiger partial charge in [-0.2, -0.15) is 0 Å². The van der Waals surface area contributed by atoms with Crippen LogP contribution in [0.3, 0.4) is 0 Å². The Bertz CT molecular complexity index is 3090. The molecule has 7 aromatic rings. The molecule has 71 heavy (non-hydrogen) atoms. The first-order valence-corrected chi connectivity index (χ1v) is 25.9. The van der Waals surface area contributed by atoms with Crippen LogP contribution in [0.4, 0.5) is 23.2 Å². The number of esters is 2. The number of phenols is 1. The van der Waals surface area contributed by atoms with Gasteiger partial charge in [0.1, 0.15) is 46.5 Å². The Kier molecular flexibility index (Phi) is 15.4. The van der Waals surface area contributed by atoms with E-state index in [9.17, 15) is 32.3 Å². The minimum Gasteiger partial charge on any atom is -0.543 e. The minimum absolute atomic E-state index is 0.0214. The molecule has 4 heterocycles. The number of methoxy groups -OCH3 is 2. The van der Waals surface area contributed by atoms with Crippen LogP contribution in [-0.4, -0.2) is 73.4 Å². The first-order valence-electron chi connectivity index (χ1n) is 23.0. The lowest BCUT2D eigenvalue weighted by atomic mass is 9.88. The number of nitrogens with zero attached hydrogens (tertiary/aromatic N) is 4. The van der Waals surface area contributed by atoms with Crippen LogP contribution >= 0.6 is 0 Å². The third kappa shape index (κ3) is 10.7. The van der Waals surface area contributed by atoms with E-state index in [1.807, 2.05) is 24.3 Å². The van der Waals surface area contributed by atoms with Crippen LogP contribution in [0.2, 0.25) is 18.1 Å². The van der Waals surface area contributed by atoms with Gasteiger partial charge in [0.05, 0.1) is 34.0 Å². The summed E-state index contributed by atoms with van der Waals surface area (Å²) in [6, 6.07) is 22.9. The number of aromatic hydroxyl groups is 1. The van der Waals surface area contributed by atoms with Crippen molar-refractivity contribution in [1.29, 1.82) is 0 Å². The van der Waals surface area contributed by atoms with Crippen molar-refractivity contribution < 1.29 is 55.6 Å². The topological polar surface area (TPSA) is 134 Å². The molecule has 0 bridgehead atoms. The highest BCUT2D eigenvalue weighted by molar-refractivity contribution is 6.74. The summed E-state index contributed by atoms with van der Waals surface area (Å²) in [6.45, 7) is 14.4. The predicted octanol–water partition coefficient (Wildman–Crippen LogP) is 11.8. The molecule has 4 aromatic carbocycles. The lowest BCUT2D eigenvalue weighted by molar-refractivity contribution is -0.145. The summed E-state index contributed by atoms with van der Waals surface area (Å²) in [5.74, 6) is -2.69. The average molecular weight is 993 g/mol. The summed E-state index contributed by atoms with van der Waals surface area (Å²) >= 11 is 0. The van der Waals surface area contributed by atoms with Crippen molar-refractivity contribution in [2.75, 3.05) is 32.3 Å². The molecule has 12 nitrogen and oxygen atoms in total. The zero-order valence-electron chi connectivity index (χ0n) is 41.0. The van der Waals surface area contributed by atoms with E-state index < -0.39 is 55.5 Å². The second-order valence-corrected chi connectivity index (χ2v) is 23.0. The monoisotopic (exact) mass is 992 g/mol. The van der Waals surface area contributed by atoms with Crippen molar-refractivity contribution in [3.63, 3.8) is 0 Å². The van der Waals surface area contributed by atoms with Gasteiger partial charge in [0.15, 0.2) is 0 Å². The van der Waals surface area contributed by atoms with E-state index in [0.29, 0.717) is 44.9 Å². The Morgan fingerprint density at radius 1 is 0.732 bits per heavy atom. The van der Waals surface area contributed by atoms with Crippen molar-refractivity contribution in [2.24, 2.45) is 0 Å². The predicted molar refractivity (Wildman–Crippen MR) is 265 cm³/mol. The van der Waals surface area contributed by atoms with Crippen molar-refractivity contribution in [3.8, 4) is 34.4 Å². The maximum Gasteiger partial charge on any atom is 0.355 e. The molecular formula is C54H56F4N4O8Si. The first-order chi connectivity index (χ1) is 33.8. The van der Waals surface area contributed by atoms with Crippen LogP contribution in [-0.2, 0) is 27.4 Å². The quantitative estimate of drug-likeness (QED) is 0.0634. The maximum absolute atomic E-state index is 14.8. The molecule has 1 aliphatic heterocycles. The number of hydrogen-bond donors (Lipinski definition) is 1. The van der Waals surface area contributed by atoms with Crippen LogP contribution in [0.5, 0.6) is 23.3 Å². The van der Waals surface area contributed by atoms with E-state index in [1.54, 1.807) is 60.0 Å². The Morgan fingerprint density at radius 3 is 1.97 bits per heavy atom. The number of carbonyl (C=O) groups excluding carboxylic acids is 2. The van der Waals surface area contributed by atoms with E-state index in [4.69, 9.17) is 23.4 Å². The van der Waals surface area contributed by atoms with Gasteiger partial charge in [-0.3, -0.25) is 0 Å². The summed E-state index contributed by atoms with van der Waals surface area (Å²) in [7, 11) is 0.805. The van der Waals surface area contributed by atoms with Gasteiger partial charge >= 0.3 is 11.9 Å². The Labute approximate surface area is 410 Å². The van der Waals surface area contributed by atoms with E-state index in [0.717, 1.165) is 42.0 Å². The largest absolute Gasteiger partial charge is 0.543 e. The molecule has 0 amide bonds. The molecule has 2 unspecified atom stereocenters. The molecule has 372 valence electrons.